The predicted molar refractivity (Wildman–Crippen MR) is 113 cm³/mol. The highest BCUT2D eigenvalue weighted by molar-refractivity contribution is 5.94. The standard InChI is InChI=1S/C23H19N3O3/c1-15-6-8-16(9-7-15)22-19-4-2-3-5-20(19)23(29)26(25-22)14-21(28)24-17-10-12-18(27)13-11-17/h2-13,27H,14H2,1H3,(H,24,28). The molecule has 0 spiro atoms. The smallest absolute Gasteiger partial charge is 0.275 e. The van der Waals surface area contributed by atoms with Crippen LogP contribution in [0.5, 0.6) is 5.75 Å². The second-order valence-electron chi connectivity index (χ2n) is 6.82. The molecule has 0 aliphatic carbocycles. The van der Waals surface area contributed by atoms with E-state index in [1.165, 1.54) is 16.8 Å². The molecule has 29 heavy (non-hydrogen) atoms. The minimum absolute atomic E-state index is 0.109. The third-order valence-corrected chi connectivity index (χ3v) is 4.64. The molecule has 1 heterocycles. The maximum absolute atomic E-state index is 12.9. The molecular weight excluding hydrogens is 366 g/mol. The van der Waals surface area contributed by atoms with Crippen molar-refractivity contribution in [2.75, 3.05) is 5.32 Å². The molecule has 4 rings (SSSR count). The number of carbonyl (C=O) groups is 1. The summed E-state index contributed by atoms with van der Waals surface area (Å²) >= 11 is 0. The van der Waals surface area contributed by atoms with Gasteiger partial charge in [0.1, 0.15) is 12.3 Å². The Morgan fingerprint density at radius 2 is 1.62 bits per heavy atom. The van der Waals surface area contributed by atoms with E-state index in [2.05, 4.69) is 10.4 Å². The van der Waals surface area contributed by atoms with Crippen molar-refractivity contribution in [3.05, 3.63) is 88.7 Å². The molecule has 0 saturated carbocycles. The Balaban J connectivity index is 1.73. The van der Waals surface area contributed by atoms with Crippen molar-refractivity contribution in [3.8, 4) is 17.0 Å². The van der Waals surface area contributed by atoms with Crippen LogP contribution in [0.15, 0.2) is 77.6 Å². The fraction of sp³-hybridized carbons (Fsp3) is 0.0870. The Bertz CT molecular complexity index is 1240. The van der Waals surface area contributed by atoms with Gasteiger partial charge in [0.05, 0.1) is 11.1 Å². The molecule has 0 bridgehead atoms. The number of phenols is 1. The van der Waals surface area contributed by atoms with Gasteiger partial charge in [-0.15, -0.1) is 0 Å². The van der Waals surface area contributed by atoms with Gasteiger partial charge in [-0.3, -0.25) is 9.59 Å². The maximum atomic E-state index is 12.9. The number of rotatable bonds is 4. The van der Waals surface area contributed by atoms with Crippen molar-refractivity contribution < 1.29 is 9.90 Å². The fourth-order valence-electron chi connectivity index (χ4n) is 3.15. The first-order valence-corrected chi connectivity index (χ1v) is 9.17. The first-order chi connectivity index (χ1) is 14.0. The van der Waals surface area contributed by atoms with Crippen molar-refractivity contribution >= 4 is 22.4 Å². The van der Waals surface area contributed by atoms with E-state index >= 15 is 0 Å². The van der Waals surface area contributed by atoms with Crippen molar-refractivity contribution in [1.29, 1.82) is 0 Å². The highest BCUT2D eigenvalue weighted by Gasteiger charge is 2.14. The van der Waals surface area contributed by atoms with Gasteiger partial charge in [0.25, 0.3) is 5.56 Å². The predicted octanol–water partition coefficient (Wildman–Crippen LogP) is 3.72. The van der Waals surface area contributed by atoms with E-state index in [-0.39, 0.29) is 23.8 Å². The van der Waals surface area contributed by atoms with Gasteiger partial charge in [-0.2, -0.15) is 5.10 Å². The molecule has 0 unspecified atom stereocenters. The van der Waals surface area contributed by atoms with Crippen LogP contribution in [0.3, 0.4) is 0 Å². The molecule has 6 heteroatoms. The van der Waals surface area contributed by atoms with Gasteiger partial charge < -0.3 is 10.4 Å². The Labute approximate surface area is 167 Å². The van der Waals surface area contributed by atoms with Gasteiger partial charge in [0, 0.05) is 16.6 Å². The number of benzene rings is 3. The zero-order valence-corrected chi connectivity index (χ0v) is 15.8. The summed E-state index contributed by atoms with van der Waals surface area (Å²) in [6.45, 7) is 1.79. The Hall–Kier alpha value is -3.93. The van der Waals surface area contributed by atoms with Crippen LogP contribution in [0.2, 0.25) is 0 Å². The number of amides is 1. The first kappa shape index (κ1) is 18.4. The largest absolute Gasteiger partial charge is 0.508 e. The molecule has 1 amide bonds. The molecule has 0 aliphatic rings. The van der Waals surface area contributed by atoms with E-state index in [0.29, 0.717) is 16.8 Å². The summed E-state index contributed by atoms with van der Waals surface area (Å²) in [6.07, 6.45) is 0. The van der Waals surface area contributed by atoms with Crippen LogP contribution in [0.1, 0.15) is 5.56 Å². The summed E-state index contributed by atoms with van der Waals surface area (Å²) in [4.78, 5) is 25.4. The number of carbonyl (C=O) groups excluding carboxylic acids is 1. The molecule has 0 atom stereocenters. The summed E-state index contributed by atoms with van der Waals surface area (Å²) in [7, 11) is 0. The van der Waals surface area contributed by atoms with Crippen LogP contribution in [0.25, 0.3) is 22.0 Å². The zero-order chi connectivity index (χ0) is 20.4. The third kappa shape index (κ3) is 3.87. The number of aromatic nitrogens is 2. The number of aromatic hydroxyl groups is 1. The summed E-state index contributed by atoms with van der Waals surface area (Å²) in [5, 5.41) is 17.8. The quantitative estimate of drug-likeness (QED) is 0.525. The molecule has 0 saturated heterocycles. The lowest BCUT2D eigenvalue weighted by Gasteiger charge is -2.12. The van der Waals surface area contributed by atoms with Gasteiger partial charge in [0.15, 0.2) is 0 Å². The lowest BCUT2D eigenvalue weighted by atomic mass is 10.0. The van der Waals surface area contributed by atoms with E-state index < -0.39 is 0 Å². The van der Waals surface area contributed by atoms with Crippen LogP contribution in [0.4, 0.5) is 5.69 Å². The van der Waals surface area contributed by atoms with Crippen LogP contribution < -0.4 is 10.9 Å². The van der Waals surface area contributed by atoms with E-state index in [1.54, 1.807) is 24.3 Å². The van der Waals surface area contributed by atoms with E-state index in [0.717, 1.165) is 16.5 Å². The van der Waals surface area contributed by atoms with Gasteiger partial charge in [0.2, 0.25) is 5.91 Å². The summed E-state index contributed by atoms with van der Waals surface area (Å²) in [5.41, 5.74) is 2.86. The van der Waals surface area contributed by atoms with Crippen molar-refractivity contribution in [1.82, 2.24) is 9.78 Å². The van der Waals surface area contributed by atoms with E-state index in [9.17, 15) is 14.7 Å². The Kier molecular flexibility index (Phi) is 4.83. The van der Waals surface area contributed by atoms with Crippen molar-refractivity contribution in [2.45, 2.75) is 13.5 Å². The third-order valence-electron chi connectivity index (χ3n) is 4.64. The lowest BCUT2D eigenvalue weighted by Crippen LogP contribution is -2.30. The highest BCUT2D eigenvalue weighted by Crippen LogP contribution is 2.25. The minimum Gasteiger partial charge on any atom is -0.508 e. The van der Waals surface area contributed by atoms with Gasteiger partial charge in [-0.1, -0.05) is 48.0 Å². The number of fused-ring (bicyclic) bond motifs is 1. The van der Waals surface area contributed by atoms with Gasteiger partial charge >= 0.3 is 0 Å². The molecule has 3 aromatic carbocycles. The second kappa shape index (κ2) is 7.59. The van der Waals surface area contributed by atoms with Gasteiger partial charge in [-0.05, 0) is 37.3 Å². The van der Waals surface area contributed by atoms with Gasteiger partial charge in [-0.25, -0.2) is 4.68 Å². The number of hydrogen-bond acceptors (Lipinski definition) is 4. The van der Waals surface area contributed by atoms with Crippen LogP contribution in [-0.2, 0) is 11.3 Å². The molecule has 6 nitrogen and oxygen atoms in total. The molecule has 0 aliphatic heterocycles. The average Bonchev–Trinajstić information content (AvgIpc) is 2.73. The topological polar surface area (TPSA) is 84.2 Å². The summed E-state index contributed by atoms with van der Waals surface area (Å²) in [5.74, 6) is -0.270. The van der Waals surface area contributed by atoms with Crippen LogP contribution in [-0.4, -0.2) is 20.8 Å². The number of nitrogens with one attached hydrogen (secondary N) is 1. The molecular formula is C23H19N3O3. The fourth-order valence-corrected chi connectivity index (χ4v) is 3.15. The normalized spacial score (nSPS) is 10.8. The summed E-state index contributed by atoms with van der Waals surface area (Å²) < 4.78 is 1.19. The van der Waals surface area contributed by atoms with E-state index in [4.69, 9.17) is 0 Å². The molecule has 1 aromatic heterocycles. The van der Waals surface area contributed by atoms with Crippen LogP contribution >= 0.6 is 0 Å². The van der Waals surface area contributed by atoms with Crippen molar-refractivity contribution in [3.63, 3.8) is 0 Å². The highest BCUT2D eigenvalue weighted by atomic mass is 16.3. The molecule has 0 radical (unpaired) electrons. The second-order valence-corrected chi connectivity index (χ2v) is 6.82. The lowest BCUT2D eigenvalue weighted by molar-refractivity contribution is -0.117. The number of anilines is 1. The number of aryl methyl sites for hydroxylation is 1. The first-order valence-electron chi connectivity index (χ1n) is 9.17. The van der Waals surface area contributed by atoms with Crippen LogP contribution in [0, 0.1) is 6.92 Å². The average molecular weight is 385 g/mol. The number of phenolic OH excluding ortho intramolecular Hbond substituents is 1. The summed E-state index contributed by atoms with van der Waals surface area (Å²) in [6, 6.07) is 21.3. The molecule has 2 N–H and O–H groups in total. The Morgan fingerprint density at radius 3 is 2.31 bits per heavy atom. The molecule has 4 aromatic rings. The molecule has 0 fully saturated rings. The van der Waals surface area contributed by atoms with Crippen molar-refractivity contribution in [2.24, 2.45) is 0 Å². The zero-order valence-electron chi connectivity index (χ0n) is 15.8. The molecule has 144 valence electrons. The van der Waals surface area contributed by atoms with E-state index in [1.807, 2.05) is 43.3 Å². The number of hydrogen-bond donors (Lipinski definition) is 2. The number of nitrogens with zero attached hydrogens (tertiary/aromatic N) is 2. The monoisotopic (exact) mass is 385 g/mol. The maximum Gasteiger partial charge on any atom is 0.275 e. The SMILES string of the molecule is Cc1ccc(-c2nn(CC(=O)Nc3ccc(O)cc3)c(=O)c3ccccc23)cc1. The Morgan fingerprint density at radius 1 is 0.966 bits per heavy atom. The minimum atomic E-state index is -0.379.